The Bertz CT molecular complexity index is 1240. The average molecular weight is 444 g/mol. The molecular formula is C24H25N7O2. The molecule has 9 nitrogen and oxygen atoms in total. The maximum Gasteiger partial charge on any atom is 0.413 e. The Labute approximate surface area is 191 Å². The quantitative estimate of drug-likeness (QED) is 0.470. The summed E-state index contributed by atoms with van der Waals surface area (Å²) in [6, 6.07) is 13.3. The van der Waals surface area contributed by atoms with Crippen LogP contribution in [0.1, 0.15) is 49.8 Å². The van der Waals surface area contributed by atoms with Crippen LogP contribution in [0.4, 0.5) is 4.79 Å². The number of tetrazole rings is 1. The summed E-state index contributed by atoms with van der Waals surface area (Å²) in [5.74, 6) is 1.20. The van der Waals surface area contributed by atoms with Gasteiger partial charge in [0.1, 0.15) is 5.75 Å². The van der Waals surface area contributed by atoms with Crippen LogP contribution in [0.25, 0.3) is 16.8 Å². The highest BCUT2D eigenvalue weighted by atomic mass is 16.6. The molecule has 1 amide bonds. The number of amides is 1. The van der Waals surface area contributed by atoms with Gasteiger partial charge in [0, 0.05) is 24.4 Å². The van der Waals surface area contributed by atoms with Gasteiger partial charge in [-0.1, -0.05) is 43.7 Å². The first-order valence-electron chi connectivity index (χ1n) is 10.7. The second-order valence-corrected chi connectivity index (χ2v) is 8.07. The van der Waals surface area contributed by atoms with Crippen LogP contribution in [0.2, 0.25) is 0 Å². The highest BCUT2D eigenvalue weighted by Crippen LogP contribution is 2.29. The van der Waals surface area contributed by atoms with E-state index < -0.39 is 6.09 Å². The van der Waals surface area contributed by atoms with Crippen molar-refractivity contribution in [1.82, 2.24) is 35.5 Å². The molecule has 0 aliphatic rings. The topological polar surface area (TPSA) is 108 Å². The Kier molecular flexibility index (Phi) is 6.39. The lowest BCUT2D eigenvalue weighted by Crippen LogP contribution is -2.30. The molecule has 2 aromatic heterocycles. The summed E-state index contributed by atoms with van der Waals surface area (Å²) < 4.78 is 7.31. The van der Waals surface area contributed by atoms with E-state index in [0.29, 0.717) is 23.0 Å². The van der Waals surface area contributed by atoms with Gasteiger partial charge < -0.3 is 10.1 Å². The number of carbonyl (C=O) groups is 1. The minimum Gasteiger partial charge on any atom is -0.410 e. The summed E-state index contributed by atoms with van der Waals surface area (Å²) in [6.45, 7) is 7.89. The second kappa shape index (κ2) is 9.56. The van der Waals surface area contributed by atoms with E-state index in [1.807, 2.05) is 64.1 Å². The monoisotopic (exact) mass is 443 g/mol. The van der Waals surface area contributed by atoms with E-state index in [4.69, 9.17) is 4.74 Å². The van der Waals surface area contributed by atoms with E-state index in [9.17, 15) is 4.79 Å². The van der Waals surface area contributed by atoms with E-state index in [1.54, 1.807) is 29.3 Å². The van der Waals surface area contributed by atoms with Crippen molar-refractivity contribution in [2.75, 3.05) is 0 Å². The van der Waals surface area contributed by atoms with Crippen molar-refractivity contribution in [2.24, 2.45) is 0 Å². The summed E-state index contributed by atoms with van der Waals surface area (Å²) in [5, 5.41) is 14.9. The van der Waals surface area contributed by atoms with Gasteiger partial charge in [0.25, 0.3) is 0 Å². The molecule has 0 saturated carbocycles. The van der Waals surface area contributed by atoms with Crippen LogP contribution in [0, 0.1) is 6.92 Å². The van der Waals surface area contributed by atoms with E-state index in [0.717, 1.165) is 16.7 Å². The third-order valence-corrected chi connectivity index (χ3v) is 5.10. The lowest BCUT2D eigenvalue weighted by molar-refractivity contribution is 0.196. The molecule has 1 N–H and O–H groups in total. The summed E-state index contributed by atoms with van der Waals surface area (Å²) in [6.07, 6.45) is 4.17. The van der Waals surface area contributed by atoms with Gasteiger partial charge in [0.05, 0.1) is 23.6 Å². The Balaban J connectivity index is 1.66. The van der Waals surface area contributed by atoms with Crippen molar-refractivity contribution < 1.29 is 9.53 Å². The zero-order valence-corrected chi connectivity index (χ0v) is 18.9. The van der Waals surface area contributed by atoms with Crippen molar-refractivity contribution in [1.29, 1.82) is 0 Å². The van der Waals surface area contributed by atoms with Crippen molar-refractivity contribution in [3.63, 3.8) is 0 Å². The van der Waals surface area contributed by atoms with Crippen LogP contribution < -0.4 is 10.1 Å². The van der Waals surface area contributed by atoms with Crippen LogP contribution >= 0.6 is 0 Å². The van der Waals surface area contributed by atoms with Gasteiger partial charge in [-0.05, 0) is 47.5 Å². The van der Waals surface area contributed by atoms with Crippen LogP contribution in [-0.2, 0) is 0 Å². The van der Waals surface area contributed by atoms with Gasteiger partial charge in [-0.3, -0.25) is 9.97 Å². The van der Waals surface area contributed by atoms with Crippen molar-refractivity contribution in [3.05, 3.63) is 78.1 Å². The van der Waals surface area contributed by atoms with Crippen LogP contribution in [0.3, 0.4) is 0 Å². The molecule has 2 aromatic carbocycles. The molecule has 0 aliphatic carbocycles. The van der Waals surface area contributed by atoms with Crippen LogP contribution in [-0.4, -0.2) is 36.3 Å². The maximum atomic E-state index is 12.6. The van der Waals surface area contributed by atoms with E-state index in [2.05, 4.69) is 30.8 Å². The Morgan fingerprint density at radius 1 is 1.03 bits per heavy atom. The van der Waals surface area contributed by atoms with Gasteiger partial charge in [0.15, 0.2) is 5.82 Å². The number of aromatic nitrogens is 6. The largest absolute Gasteiger partial charge is 0.413 e. The average Bonchev–Trinajstić information content (AvgIpc) is 3.30. The van der Waals surface area contributed by atoms with E-state index >= 15 is 0 Å². The van der Waals surface area contributed by atoms with Crippen molar-refractivity contribution in [2.45, 2.75) is 39.7 Å². The number of carbonyl (C=O) groups excluding carboxylic acids is 1. The standard InChI is InChI=1S/C24H25N7O2/c1-15(2)23-28-29-30-31(23)20-11-19(18-7-5-16(3)6-8-18)12-21(13-20)33-24(32)27-17(4)22-14-25-9-10-26-22/h5-15,17H,1-4H3,(H,27,32)/t17-/m1/s1. The lowest BCUT2D eigenvalue weighted by atomic mass is 10.0. The fourth-order valence-electron chi connectivity index (χ4n) is 3.34. The van der Waals surface area contributed by atoms with E-state index in [1.165, 1.54) is 0 Å². The van der Waals surface area contributed by atoms with Gasteiger partial charge in [-0.15, -0.1) is 5.10 Å². The highest BCUT2D eigenvalue weighted by Gasteiger charge is 2.17. The number of hydrogen-bond donors (Lipinski definition) is 1. The minimum atomic E-state index is -0.596. The molecule has 0 fully saturated rings. The Morgan fingerprint density at radius 3 is 2.52 bits per heavy atom. The molecule has 0 aliphatic heterocycles. The molecule has 0 unspecified atom stereocenters. The summed E-state index contributed by atoms with van der Waals surface area (Å²) >= 11 is 0. The van der Waals surface area contributed by atoms with Crippen LogP contribution in [0.15, 0.2) is 61.1 Å². The lowest BCUT2D eigenvalue weighted by Gasteiger charge is -2.15. The molecule has 33 heavy (non-hydrogen) atoms. The molecular weight excluding hydrogens is 418 g/mol. The molecule has 2 heterocycles. The highest BCUT2D eigenvalue weighted by molar-refractivity contribution is 5.74. The third kappa shape index (κ3) is 5.20. The number of nitrogens with one attached hydrogen (secondary N) is 1. The first-order valence-corrected chi connectivity index (χ1v) is 10.7. The first-order chi connectivity index (χ1) is 15.9. The summed E-state index contributed by atoms with van der Waals surface area (Å²) in [5.41, 5.74) is 4.36. The van der Waals surface area contributed by atoms with Gasteiger partial charge in [0.2, 0.25) is 0 Å². The molecule has 4 rings (SSSR count). The number of rotatable bonds is 6. The molecule has 0 radical (unpaired) electrons. The molecule has 168 valence electrons. The third-order valence-electron chi connectivity index (χ3n) is 5.10. The molecule has 0 spiro atoms. The van der Waals surface area contributed by atoms with Gasteiger partial charge in [-0.25, -0.2) is 4.79 Å². The minimum absolute atomic E-state index is 0.114. The molecule has 4 aromatic rings. The zero-order chi connectivity index (χ0) is 23.4. The van der Waals surface area contributed by atoms with E-state index in [-0.39, 0.29) is 12.0 Å². The second-order valence-electron chi connectivity index (χ2n) is 8.07. The van der Waals surface area contributed by atoms with Gasteiger partial charge >= 0.3 is 6.09 Å². The maximum absolute atomic E-state index is 12.6. The predicted octanol–water partition coefficient (Wildman–Crippen LogP) is 4.40. The summed E-state index contributed by atoms with van der Waals surface area (Å²) in [4.78, 5) is 20.9. The smallest absolute Gasteiger partial charge is 0.410 e. The van der Waals surface area contributed by atoms with Gasteiger partial charge in [-0.2, -0.15) is 4.68 Å². The first kappa shape index (κ1) is 22.1. The Hall–Kier alpha value is -4.14. The summed E-state index contributed by atoms with van der Waals surface area (Å²) in [7, 11) is 0. The predicted molar refractivity (Wildman–Crippen MR) is 123 cm³/mol. The molecule has 1 atom stereocenters. The number of aryl methyl sites for hydroxylation is 1. The number of benzene rings is 2. The molecule has 0 bridgehead atoms. The fourth-order valence-corrected chi connectivity index (χ4v) is 3.34. The zero-order valence-electron chi connectivity index (χ0n) is 18.9. The molecule has 9 heteroatoms. The van der Waals surface area contributed by atoms with Crippen molar-refractivity contribution >= 4 is 6.09 Å². The molecule has 0 saturated heterocycles. The number of ether oxygens (including phenoxy) is 1. The normalized spacial score (nSPS) is 11.9. The van der Waals surface area contributed by atoms with Crippen molar-refractivity contribution in [3.8, 4) is 22.6 Å². The SMILES string of the molecule is Cc1ccc(-c2cc(OC(=O)N[C@H](C)c3cnccn3)cc(-n3nnnc3C(C)C)c2)cc1. The number of hydrogen-bond acceptors (Lipinski definition) is 7. The Morgan fingerprint density at radius 2 is 1.82 bits per heavy atom. The number of nitrogens with zero attached hydrogens (tertiary/aromatic N) is 6. The fraction of sp³-hybridized carbons (Fsp3) is 0.250. The van der Waals surface area contributed by atoms with Crippen LogP contribution in [0.5, 0.6) is 5.75 Å².